The Morgan fingerprint density at radius 1 is 1.35 bits per heavy atom. The number of nitrogens with one attached hydrogen (secondary N) is 1. The number of aliphatic carboxylic acids is 2. The number of halogens is 1. The van der Waals surface area contributed by atoms with Crippen LogP contribution in [0.25, 0.3) is 0 Å². The monoisotopic (exact) mass is 369 g/mol. The van der Waals surface area contributed by atoms with Crippen molar-refractivity contribution >= 4 is 40.8 Å². The van der Waals surface area contributed by atoms with Crippen LogP contribution in [-0.2, 0) is 19.2 Å². The fourth-order valence-electron chi connectivity index (χ4n) is 1.71. The zero-order valence-corrected chi connectivity index (χ0v) is 13.4. The van der Waals surface area contributed by atoms with E-state index in [2.05, 4.69) is 11.1 Å². The molecule has 23 heavy (non-hydrogen) atoms. The van der Waals surface area contributed by atoms with Crippen LogP contribution in [0.1, 0.15) is 12.8 Å². The van der Waals surface area contributed by atoms with Gasteiger partial charge in [0.05, 0.1) is 0 Å². The summed E-state index contributed by atoms with van der Waals surface area (Å²) in [6.07, 6.45) is -0.304. The predicted octanol–water partition coefficient (Wildman–Crippen LogP) is -5.27. The van der Waals surface area contributed by atoms with E-state index in [1.165, 1.54) is 0 Å². The van der Waals surface area contributed by atoms with Crippen molar-refractivity contribution in [1.82, 2.24) is 10.2 Å². The number of carboxylic acid groups (broad SMARTS) is 2. The molecule has 10 nitrogen and oxygen atoms in total. The van der Waals surface area contributed by atoms with Gasteiger partial charge in [0.2, 0.25) is 11.8 Å². The molecule has 1 fully saturated rings. The SMILES string of the molecule is [Cl-].[NH3+][C@@H](CCC(=O)N1C(=O)SC[C@H]1C(=O)NCC(=O)O)C(=O)O. The van der Waals surface area contributed by atoms with Crippen LogP contribution in [0.15, 0.2) is 0 Å². The fraction of sp³-hybridized carbons (Fsp3) is 0.545. The van der Waals surface area contributed by atoms with Crippen molar-refractivity contribution in [1.29, 1.82) is 0 Å². The summed E-state index contributed by atoms with van der Waals surface area (Å²) in [6.45, 7) is -0.615. The summed E-state index contributed by atoms with van der Waals surface area (Å²) in [4.78, 5) is 57.3. The normalized spacial score (nSPS) is 18.0. The van der Waals surface area contributed by atoms with Gasteiger partial charge >= 0.3 is 11.9 Å². The Morgan fingerprint density at radius 2 is 1.96 bits per heavy atom. The lowest BCUT2D eigenvalue weighted by atomic mass is 10.1. The van der Waals surface area contributed by atoms with Crippen molar-refractivity contribution in [3.05, 3.63) is 0 Å². The van der Waals surface area contributed by atoms with E-state index in [1.807, 2.05) is 0 Å². The molecule has 0 saturated carbocycles. The molecule has 0 bridgehead atoms. The average Bonchev–Trinajstić information content (AvgIpc) is 2.83. The van der Waals surface area contributed by atoms with Crippen LogP contribution in [0, 0.1) is 0 Å². The molecule has 1 saturated heterocycles. The van der Waals surface area contributed by atoms with Gasteiger partial charge in [0.1, 0.15) is 12.6 Å². The summed E-state index contributed by atoms with van der Waals surface area (Å²) in [5.41, 5.74) is 3.35. The molecule has 0 spiro atoms. The summed E-state index contributed by atoms with van der Waals surface area (Å²) in [6, 6.07) is -2.08. The Labute approximate surface area is 141 Å². The summed E-state index contributed by atoms with van der Waals surface area (Å²) >= 11 is 0.771. The number of thioether (sulfide) groups is 1. The lowest BCUT2D eigenvalue weighted by Gasteiger charge is -2.21. The number of imide groups is 1. The molecule has 1 aliphatic rings. The topological polar surface area (TPSA) is 169 Å². The van der Waals surface area contributed by atoms with Gasteiger partial charge in [0, 0.05) is 18.6 Å². The first kappa shape index (κ1) is 21.1. The third-order valence-corrected chi connectivity index (χ3v) is 3.84. The molecule has 0 aromatic rings. The van der Waals surface area contributed by atoms with Crippen LogP contribution in [0.3, 0.4) is 0 Å². The summed E-state index contributed by atoms with van der Waals surface area (Å²) in [5.74, 6) is -3.79. The van der Waals surface area contributed by atoms with Gasteiger partial charge in [0.15, 0.2) is 6.04 Å². The van der Waals surface area contributed by atoms with Crippen molar-refractivity contribution in [3.63, 3.8) is 0 Å². The molecule has 2 atom stereocenters. The minimum Gasteiger partial charge on any atom is -1.00 e. The van der Waals surface area contributed by atoms with Gasteiger partial charge in [-0.2, -0.15) is 0 Å². The Bertz CT molecular complexity index is 516. The number of carbonyl (C=O) groups is 5. The van der Waals surface area contributed by atoms with Crippen LogP contribution in [-0.4, -0.2) is 68.5 Å². The molecular formula is C11H16ClN3O7S. The Hall–Kier alpha value is -1.85. The highest BCUT2D eigenvalue weighted by atomic mass is 35.5. The average molecular weight is 370 g/mol. The highest BCUT2D eigenvalue weighted by Crippen LogP contribution is 2.25. The number of hydrogen-bond donors (Lipinski definition) is 4. The van der Waals surface area contributed by atoms with Crippen LogP contribution >= 0.6 is 11.8 Å². The second-order valence-electron chi connectivity index (χ2n) is 4.54. The van der Waals surface area contributed by atoms with Gasteiger partial charge in [-0.25, -0.2) is 4.79 Å². The molecule has 1 rings (SSSR count). The largest absolute Gasteiger partial charge is 1.00 e. The van der Waals surface area contributed by atoms with E-state index in [-0.39, 0.29) is 31.0 Å². The Morgan fingerprint density at radius 3 is 2.48 bits per heavy atom. The number of hydrogen-bond acceptors (Lipinski definition) is 6. The summed E-state index contributed by atoms with van der Waals surface area (Å²) < 4.78 is 0. The lowest BCUT2D eigenvalue weighted by molar-refractivity contribution is -0.408. The van der Waals surface area contributed by atoms with E-state index in [4.69, 9.17) is 10.2 Å². The number of rotatable bonds is 7. The standard InChI is InChI=1S/C11H15N3O7S.ClH/c12-5(10(19)20)1-2-7(15)14-6(4-22-11(14)21)9(18)13-3-8(16)17;/h5-6H,1-4,12H2,(H,13,18)(H,16,17)(H,19,20);1H/t5-,6-;/m0./s1. The van der Waals surface area contributed by atoms with Crippen molar-refractivity contribution < 1.29 is 52.3 Å². The zero-order chi connectivity index (χ0) is 16.9. The molecule has 1 heterocycles. The quantitative estimate of drug-likeness (QED) is 0.345. The van der Waals surface area contributed by atoms with Gasteiger partial charge in [-0.15, -0.1) is 0 Å². The molecule has 130 valence electrons. The molecule has 3 amide bonds. The maximum absolute atomic E-state index is 12.0. The van der Waals surface area contributed by atoms with Crippen molar-refractivity contribution in [3.8, 4) is 0 Å². The molecule has 0 radical (unpaired) electrons. The number of nitrogens with zero attached hydrogens (tertiary/aromatic N) is 1. The third kappa shape index (κ3) is 6.04. The molecule has 0 aromatic carbocycles. The van der Waals surface area contributed by atoms with Crippen molar-refractivity contribution in [2.24, 2.45) is 0 Å². The number of quaternary nitrogens is 1. The van der Waals surface area contributed by atoms with E-state index < -0.39 is 47.6 Å². The highest BCUT2D eigenvalue weighted by molar-refractivity contribution is 8.14. The van der Waals surface area contributed by atoms with Gasteiger partial charge < -0.3 is 33.7 Å². The second kappa shape index (κ2) is 9.33. The smallest absolute Gasteiger partial charge is 0.362 e. The van der Waals surface area contributed by atoms with Gasteiger partial charge in [-0.3, -0.25) is 24.1 Å². The van der Waals surface area contributed by atoms with Gasteiger partial charge in [0.25, 0.3) is 5.24 Å². The van der Waals surface area contributed by atoms with E-state index in [1.54, 1.807) is 0 Å². The number of carbonyl (C=O) groups excluding carboxylic acids is 3. The number of carboxylic acids is 2. The third-order valence-electron chi connectivity index (χ3n) is 2.91. The lowest BCUT2D eigenvalue weighted by Crippen LogP contribution is -3.00. The maximum atomic E-state index is 12.0. The van der Waals surface area contributed by atoms with Crippen LogP contribution in [0.5, 0.6) is 0 Å². The molecule has 0 aromatic heterocycles. The fourth-order valence-corrected chi connectivity index (χ4v) is 2.68. The number of amides is 3. The summed E-state index contributed by atoms with van der Waals surface area (Å²) in [5, 5.41) is 18.7. The minimum atomic E-state index is -1.25. The van der Waals surface area contributed by atoms with Gasteiger partial charge in [-0.1, -0.05) is 11.8 Å². The molecule has 1 aliphatic heterocycles. The van der Waals surface area contributed by atoms with E-state index in [0.717, 1.165) is 16.7 Å². The minimum absolute atomic E-state index is 0. The summed E-state index contributed by atoms with van der Waals surface area (Å²) in [7, 11) is 0. The highest BCUT2D eigenvalue weighted by Gasteiger charge is 2.41. The van der Waals surface area contributed by atoms with E-state index >= 15 is 0 Å². The van der Waals surface area contributed by atoms with E-state index in [0.29, 0.717) is 0 Å². The maximum Gasteiger partial charge on any atom is 0.362 e. The molecular weight excluding hydrogens is 354 g/mol. The second-order valence-corrected chi connectivity index (χ2v) is 5.51. The predicted molar refractivity (Wildman–Crippen MR) is 72.7 cm³/mol. The first-order chi connectivity index (χ1) is 10.2. The molecule has 0 unspecified atom stereocenters. The van der Waals surface area contributed by atoms with E-state index in [9.17, 15) is 24.0 Å². The van der Waals surface area contributed by atoms with Crippen molar-refractivity contribution in [2.75, 3.05) is 12.3 Å². The van der Waals surface area contributed by atoms with Gasteiger partial charge in [-0.05, 0) is 0 Å². The first-order valence-corrected chi connectivity index (χ1v) is 7.26. The van der Waals surface area contributed by atoms with Crippen LogP contribution in [0.2, 0.25) is 0 Å². The first-order valence-electron chi connectivity index (χ1n) is 6.28. The van der Waals surface area contributed by atoms with Crippen LogP contribution < -0.4 is 23.5 Å². The molecule has 0 aliphatic carbocycles. The Kier molecular flexibility index (Phi) is 8.58. The Balaban J connectivity index is 0.00000484. The van der Waals surface area contributed by atoms with Crippen LogP contribution in [0.4, 0.5) is 4.79 Å². The molecule has 6 N–H and O–H groups in total. The molecule has 12 heteroatoms. The zero-order valence-electron chi connectivity index (χ0n) is 11.9. The van der Waals surface area contributed by atoms with Crippen molar-refractivity contribution in [2.45, 2.75) is 24.9 Å².